The van der Waals surface area contributed by atoms with Crippen LogP contribution in [0.15, 0.2) is 121 Å². The minimum absolute atomic E-state index is 0.0200. The monoisotopic (exact) mass is 787 g/mol. The molecule has 3 amide bonds. The number of hydrogen-bond acceptors (Lipinski definition) is 9. The van der Waals surface area contributed by atoms with Gasteiger partial charge in [0.2, 0.25) is 11.8 Å². The van der Waals surface area contributed by atoms with E-state index >= 15 is 0 Å². The zero-order valence-electron chi connectivity index (χ0n) is 31.2. The average molecular weight is 788 g/mol. The molecule has 286 valence electrons. The SMILES string of the molecule is COC(=O)[C@](C)(CSCc1ccccc1)NC(=O)[C@@](C)(CSCc1ccccc1)NC(=O)[C@](C)(CSCc1ccccc1)NC(=O)OCc1ccccc1. The summed E-state index contributed by atoms with van der Waals surface area (Å²) in [6.45, 7) is 4.91. The van der Waals surface area contributed by atoms with Gasteiger partial charge >= 0.3 is 12.1 Å². The second-order valence-electron chi connectivity index (χ2n) is 13.5. The van der Waals surface area contributed by atoms with E-state index in [4.69, 9.17) is 9.47 Å². The summed E-state index contributed by atoms with van der Waals surface area (Å²) >= 11 is 4.43. The molecule has 0 unspecified atom stereocenters. The number of benzene rings is 4. The Morgan fingerprint density at radius 2 is 0.833 bits per heavy atom. The van der Waals surface area contributed by atoms with E-state index in [9.17, 15) is 19.2 Å². The molecule has 3 N–H and O–H groups in total. The predicted octanol–water partition coefficient (Wildman–Crippen LogP) is 7.39. The maximum Gasteiger partial charge on any atom is 0.408 e. The van der Waals surface area contributed by atoms with Crippen molar-refractivity contribution in [1.29, 1.82) is 0 Å². The van der Waals surface area contributed by atoms with Crippen LogP contribution in [-0.4, -0.2) is 64.9 Å². The molecule has 0 saturated carbocycles. The molecule has 3 atom stereocenters. The second-order valence-corrected chi connectivity index (χ2v) is 16.5. The number of carbonyl (C=O) groups is 4. The Morgan fingerprint density at radius 3 is 1.22 bits per heavy atom. The zero-order chi connectivity index (χ0) is 38.9. The molecule has 0 aromatic heterocycles. The van der Waals surface area contributed by atoms with Gasteiger partial charge in [-0.1, -0.05) is 121 Å². The highest BCUT2D eigenvalue weighted by molar-refractivity contribution is 7.99. The lowest BCUT2D eigenvalue weighted by molar-refractivity contribution is -0.150. The van der Waals surface area contributed by atoms with Crippen LogP contribution < -0.4 is 16.0 Å². The van der Waals surface area contributed by atoms with Crippen molar-refractivity contribution in [3.63, 3.8) is 0 Å². The van der Waals surface area contributed by atoms with E-state index in [0.29, 0.717) is 17.3 Å². The molecule has 4 rings (SSSR count). The van der Waals surface area contributed by atoms with Crippen molar-refractivity contribution in [3.05, 3.63) is 144 Å². The summed E-state index contributed by atoms with van der Waals surface area (Å²) in [6, 6.07) is 38.7. The highest BCUT2D eigenvalue weighted by atomic mass is 32.2. The summed E-state index contributed by atoms with van der Waals surface area (Å²) in [4.78, 5) is 55.4. The Kier molecular flexibility index (Phi) is 16.4. The minimum atomic E-state index is -1.52. The van der Waals surface area contributed by atoms with E-state index in [0.717, 1.165) is 22.3 Å². The molecule has 12 heteroatoms. The first kappa shape index (κ1) is 42.4. The van der Waals surface area contributed by atoms with Gasteiger partial charge in [0, 0.05) is 34.5 Å². The molecule has 4 aromatic carbocycles. The fourth-order valence-electron chi connectivity index (χ4n) is 5.29. The summed E-state index contributed by atoms with van der Waals surface area (Å²) in [7, 11) is 1.28. The van der Waals surface area contributed by atoms with Crippen LogP contribution in [0.2, 0.25) is 0 Å². The molecule has 0 saturated heterocycles. The van der Waals surface area contributed by atoms with Crippen molar-refractivity contribution in [3.8, 4) is 0 Å². The molecular weight excluding hydrogens is 739 g/mol. The molecule has 9 nitrogen and oxygen atoms in total. The first-order valence-corrected chi connectivity index (χ1v) is 21.0. The first-order chi connectivity index (χ1) is 25.9. The number of methoxy groups -OCH3 is 1. The second kappa shape index (κ2) is 20.9. The van der Waals surface area contributed by atoms with Crippen molar-refractivity contribution >= 4 is 59.2 Å². The molecule has 0 bridgehead atoms. The summed E-state index contributed by atoms with van der Waals surface area (Å²) in [5, 5.41) is 8.74. The fourth-order valence-corrected chi connectivity index (χ4v) is 8.70. The highest BCUT2D eigenvalue weighted by Gasteiger charge is 2.46. The third-order valence-electron chi connectivity index (χ3n) is 8.51. The quantitative estimate of drug-likeness (QED) is 0.0788. The predicted molar refractivity (Wildman–Crippen MR) is 221 cm³/mol. The number of carbonyl (C=O) groups excluding carboxylic acids is 4. The van der Waals surface area contributed by atoms with Gasteiger partial charge in [-0.3, -0.25) is 9.59 Å². The Morgan fingerprint density at radius 1 is 0.500 bits per heavy atom. The van der Waals surface area contributed by atoms with Gasteiger partial charge in [-0.25, -0.2) is 9.59 Å². The smallest absolute Gasteiger partial charge is 0.408 e. The summed E-state index contributed by atoms with van der Waals surface area (Å²) in [5.74, 6) is 0.624. The lowest BCUT2D eigenvalue weighted by Crippen LogP contribution is -2.69. The molecule has 0 radical (unpaired) electrons. The van der Waals surface area contributed by atoms with Crippen molar-refractivity contribution < 1.29 is 28.7 Å². The topological polar surface area (TPSA) is 123 Å². The summed E-state index contributed by atoms with van der Waals surface area (Å²) in [5.41, 5.74) is -0.422. The molecule has 0 heterocycles. The number of nitrogens with one attached hydrogen (secondary N) is 3. The fraction of sp³-hybridized carbons (Fsp3) is 0.333. The van der Waals surface area contributed by atoms with Gasteiger partial charge in [-0.05, 0) is 43.0 Å². The Bertz CT molecular complexity index is 1790. The van der Waals surface area contributed by atoms with Gasteiger partial charge in [-0.2, -0.15) is 35.3 Å². The number of rotatable bonds is 20. The largest absolute Gasteiger partial charge is 0.467 e. The third kappa shape index (κ3) is 13.2. The molecule has 0 spiro atoms. The molecule has 4 aromatic rings. The number of thioether (sulfide) groups is 3. The lowest BCUT2D eigenvalue weighted by atomic mass is 9.96. The third-order valence-corrected chi connectivity index (χ3v) is 12.5. The van der Waals surface area contributed by atoms with E-state index in [1.165, 1.54) is 42.4 Å². The van der Waals surface area contributed by atoms with Crippen LogP contribution in [0.4, 0.5) is 4.79 Å². The lowest BCUT2D eigenvalue weighted by Gasteiger charge is -2.38. The van der Waals surface area contributed by atoms with E-state index in [-0.39, 0.29) is 23.9 Å². The van der Waals surface area contributed by atoms with Crippen LogP contribution in [0.25, 0.3) is 0 Å². The Labute approximate surface area is 331 Å². The van der Waals surface area contributed by atoms with Gasteiger partial charge < -0.3 is 25.4 Å². The van der Waals surface area contributed by atoms with Crippen LogP contribution in [0.5, 0.6) is 0 Å². The van der Waals surface area contributed by atoms with Gasteiger partial charge in [0.1, 0.15) is 23.2 Å². The average Bonchev–Trinajstić information content (AvgIpc) is 3.18. The molecule has 0 fully saturated rings. The standard InChI is InChI=1S/C42H49N3O6S3/c1-40(29-52-26-33-19-11-6-12-20-33,36(46)44-42(3,38(48)50-4)31-54-28-35-23-15-8-16-24-35)43-37(47)41(2,30-53-27-34-21-13-7-14-22-34)45-39(49)51-25-32-17-9-5-10-18-32/h5-24H,25-31H2,1-4H3,(H,43,47)(H,44,46)(H,45,49)/t40-,41+,42+/m1/s1. The number of alkyl carbamates (subject to hydrolysis) is 1. The Hall–Kier alpha value is -4.39. The van der Waals surface area contributed by atoms with Gasteiger partial charge in [0.15, 0.2) is 0 Å². The normalized spacial score (nSPS) is 14.3. The molecule has 0 aliphatic rings. The summed E-state index contributed by atoms with van der Waals surface area (Å²) < 4.78 is 10.7. The van der Waals surface area contributed by atoms with E-state index < -0.39 is 40.5 Å². The molecule has 0 aliphatic carbocycles. The number of esters is 1. The van der Waals surface area contributed by atoms with Gasteiger partial charge in [0.25, 0.3) is 0 Å². The number of amides is 3. The number of ether oxygens (including phenoxy) is 2. The first-order valence-electron chi connectivity index (χ1n) is 17.5. The van der Waals surface area contributed by atoms with Gasteiger partial charge in [-0.15, -0.1) is 0 Å². The van der Waals surface area contributed by atoms with Gasteiger partial charge in [0.05, 0.1) is 7.11 Å². The van der Waals surface area contributed by atoms with Crippen molar-refractivity contribution in [2.24, 2.45) is 0 Å². The van der Waals surface area contributed by atoms with Crippen LogP contribution in [0.1, 0.15) is 43.0 Å². The van der Waals surface area contributed by atoms with Crippen LogP contribution in [-0.2, 0) is 47.7 Å². The molecule has 54 heavy (non-hydrogen) atoms. The van der Waals surface area contributed by atoms with Crippen LogP contribution >= 0.6 is 35.3 Å². The zero-order valence-corrected chi connectivity index (χ0v) is 33.6. The summed E-state index contributed by atoms with van der Waals surface area (Å²) in [6.07, 6.45) is -0.768. The van der Waals surface area contributed by atoms with E-state index in [2.05, 4.69) is 16.0 Å². The maximum absolute atomic E-state index is 14.5. The van der Waals surface area contributed by atoms with E-state index in [1.807, 2.05) is 121 Å². The van der Waals surface area contributed by atoms with Crippen LogP contribution in [0.3, 0.4) is 0 Å². The highest BCUT2D eigenvalue weighted by Crippen LogP contribution is 2.25. The molecule has 0 aliphatic heterocycles. The van der Waals surface area contributed by atoms with Crippen molar-refractivity contribution in [1.82, 2.24) is 16.0 Å². The van der Waals surface area contributed by atoms with Crippen molar-refractivity contribution in [2.75, 3.05) is 24.4 Å². The number of hydrogen-bond donors (Lipinski definition) is 3. The van der Waals surface area contributed by atoms with Crippen LogP contribution in [0, 0.1) is 0 Å². The van der Waals surface area contributed by atoms with E-state index in [1.54, 1.807) is 20.8 Å². The minimum Gasteiger partial charge on any atom is -0.467 e. The Balaban J connectivity index is 1.56. The molecular formula is C42H49N3O6S3. The maximum atomic E-state index is 14.5. The van der Waals surface area contributed by atoms with Crippen molar-refractivity contribution in [2.45, 2.75) is 61.3 Å².